The molecule has 0 spiro atoms. The number of benzene rings is 1. The zero-order valence-corrected chi connectivity index (χ0v) is 6.53. The molecule has 0 unspecified atom stereocenters. The van der Waals surface area contributed by atoms with Gasteiger partial charge in [0, 0.05) is 0 Å². The van der Waals surface area contributed by atoms with Crippen LogP contribution in [0.25, 0.3) is 0 Å². The molecule has 0 heterocycles. The second-order valence-corrected chi connectivity index (χ2v) is 2.06. The van der Waals surface area contributed by atoms with Crippen molar-refractivity contribution in [3.8, 4) is 0 Å². The molecule has 0 aromatic heterocycles. The summed E-state index contributed by atoms with van der Waals surface area (Å²) in [5, 5.41) is 0. The van der Waals surface area contributed by atoms with Gasteiger partial charge in [-0.05, 0) is 19.1 Å². The van der Waals surface area contributed by atoms with Crippen molar-refractivity contribution in [2.75, 3.05) is 6.61 Å². The van der Waals surface area contributed by atoms with E-state index in [1.165, 1.54) is 0 Å². The predicted octanol–water partition coefficient (Wildman–Crippen LogP) is 1.61. The van der Waals surface area contributed by atoms with Crippen LogP contribution >= 0.6 is 0 Å². The summed E-state index contributed by atoms with van der Waals surface area (Å²) in [4.78, 5) is 19.8. The minimum Gasteiger partial charge on any atom is -0.293 e. The van der Waals surface area contributed by atoms with Gasteiger partial charge in [-0.25, -0.2) is 4.79 Å². The van der Waals surface area contributed by atoms with E-state index < -0.39 is 5.97 Å². The quantitative estimate of drug-likeness (QED) is 0.504. The Balaban J connectivity index is 2.54. The van der Waals surface area contributed by atoms with Crippen LogP contribution in [0.1, 0.15) is 10.4 Å². The van der Waals surface area contributed by atoms with E-state index >= 15 is 0 Å². The molecule has 3 nitrogen and oxygen atoms in total. The van der Waals surface area contributed by atoms with Crippen molar-refractivity contribution in [3.05, 3.63) is 42.8 Å². The largest absolute Gasteiger partial charge is 0.373 e. The Morgan fingerprint density at radius 2 is 2.00 bits per heavy atom. The maximum atomic E-state index is 11.0. The highest BCUT2D eigenvalue weighted by Gasteiger charge is 2.05. The third-order valence-electron chi connectivity index (χ3n) is 1.23. The van der Waals surface area contributed by atoms with Crippen LogP contribution < -0.4 is 0 Å². The molecule has 0 aliphatic carbocycles. The first-order valence-electron chi connectivity index (χ1n) is 3.52. The lowest BCUT2D eigenvalue weighted by Crippen LogP contribution is -2.05. The average molecular weight is 165 g/mol. The van der Waals surface area contributed by atoms with Gasteiger partial charge in [0.05, 0.1) is 12.2 Å². The van der Waals surface area contributed by atoms with Crippen molar-refractivity contribution in [1.82, 2.24) is 0 Å². The summed E-state index contributed by atoms with van der Waals surface area (Å²) in [5.41, 5.74) is 0.464. The highest BCUT2D eigenvalue weighted by Crippen LogP contribution is 2.00. The smallest absolute Gasteiger partial charge is 0.293 e. The van der Waals surface area contributed by atoms with Gasteiger partial charge in [-0.15, -0.1) is 0 Å². The first-order chi connectivity index (χ1) is 5.84. The van der Waals surface area contributed by atoms with Gasteiger partial charge in [0.15, 0.2) is 0 Å². The molecule has 1 radical (unpaired) electrons. The molecular weight excluding hydrogens is 156 g/mol. The SMILES string of the molecule is [CH2]COOC(=O)c1ccccc1. The monoisotopic (exact) mass is 165 g/mol. The van der Waals surface area contributed by atoms with Crippen LogP contribution in [0.3, 0.4) is 0 Å². The van der Waals surface area contributed by atoms with Gasteiger partial charge in [-0.2, -0.15) is 4.89 Å². The molecule has 1 aromatic rings. The Labute approximate surface area is 70.8 Å². The summed E-state index contributed by atoms with van der Waals surface area (Å²) in [5.74, 6) is -0.501. The Bertz CT molecular complexity index is 243. The van der Waals surface area contributed by atoms with Crippen LogP contribution in [0.5, 0.6) is 0 Å². The van der Waals surface area contributed by atoms with Crippen molar-refractivity contribution in [1.29, 1.82) is 0 Å². The number of hydrogen-bond donors (Lipinski definition) is 0. The number of hydrogen-bond acceptors (Lipinski definition) is 3. The van der Waals surface area contributed by atoms with Crippen molar-refractivity contribution in [2.45, 2.75) is 0 Å². The van der Waals surface area contributed by atoms with Gasteiger partial charge in [-0.3, -0.25) is 4.89 Å². The summed E-state index contributed by atoms with van der Waals surface area (Å²) < 4.78 is 0. The maximum absolute atomic E-state index is 11.0. The molecule has 1 rings (SSSR count). The third-order valence-corrected chi connectivity index (χ3v) is 1.23. The van der Waals surface area contributed by atoms with Crippen LogP contribution in [-0.2, 0) is 9.78 Å². The molecule has 3 heteroatoms. The fraction of sp³-hybridized carbons (Fsp3) is 0.111. The summed E-state index contributed by atoms with van der Waals surface area (Å²) in [6.45, 7) is 3.46. The van der Waals surface area contributed by atoms with Gasteiger partial charge >= 0.3 is 5.97 Å². The fourth-order valence-electron chi connectivity index (χ4n) is 0.718. The molecule has 0 saturated carbocycles. The van der Waals surface area contributed by atoms with Crippen LogP contribution in [0, 0.1) is 6.92 Å². The van der Waals surface area contributed by atoms with E-state index in [4.69, 9.17) is 0 Å². The minimum atomic E-state index is -0.501. The molecule has 0 aliphatic heterocycles. The molecule has 0 aliphatic rings. The van der Waals surface area contributed by atoms with E-state index in [2.05, 4.69) is 16.7 Å². The number of carbonyl (C=O) groups is 1. The van der Waals surface area contributed by atoms with Crippen LogP contribution in [0.2, 0.25) is 0 Å². The molecule has 12 heavy (non-hydrogen) atoms. The summed E-state index contributed by atoms with van der Waals surface area (Å²) in [7, 11) is 0. The van der Waals surface area contributed by atoms with Crippen molar-refractivity contribution in [3.63, 3.8) is 0 Å². The lowest BCUT2D eigenvalue weighted by Gasteiger charge is -1.99. The van der Waals surface area contributed by atoms with Crippen LogP contribution in [0.4, 0.5) is 0 Å². The zero-order chi connectivity index (χ0) is 8.81. The van der Waals surface area contributed by atoms with E-state index in [1.54, 1.807) is 24.3 Å². The normalized spacial score (nSPS) is 9.42. The standard InChI is InChI=1S/C9H9O3/c1-2-11-12-9(10)8-6-4-3-5-7-8/h3-7H,1-2H2. The fourth-order valence-corrected chi connectivity index (χ4v) is 0.718. The second kappa shape index (κ2) is 4.51. The molecule has 63 valence electrons. The number of carbonyl (C=O) groups excluding carboxylic acids is 1. The van der Waals surface area contributed by atoms with Crippen LogP contribution in [-0.4, -0.2) is 12.6 Å². The van der Waals surface area contributed by atoms with Crippen molar-refractivity contribution < 1.29 is 14.6 Å². The Morgan fingerprint density at radius 1 is 1.33 bits per heavy atom. The summed E-state index contributed by atoms with van der Waals surface area (Å²) in [6.07, 6.45) is 0. The van der Waals surface area contributed by atoms with Gasteiger partial charge < -0.3 is 0 Å². The number of rotatable bonds is 3. The van der Waals surface area contributed by atoms with E-state index in [9.17, 15) is 4.79 Å². The van der Waals surface area contributed by atoms with E-state index in [0.29, 0.717) is 5.56 Å². The van der Waals surface area contributed by atoms with Crippen LogP contribution in [0.15, 0.2) is 30.3 Å². The topological polar surface area (TPSA) is 35.5 Å². The summed E-state index contributed by atoms with van der Waals surface area (Å²) in [6, 6.07) is 8.62. The highest BCUT2D eigenvalue weighted by molar-refractivity contribution is 5.88. The molecule has 0 saturated heterocycles. The van der Waals surface area contributed by atoms with E-state index in [0.717, 1.165) is 0 Å². The van der Waals surface area contributed by atoms with Gasteiger partial charge in [-0.1, -0.05) is 18.2 Å². The van der Waals surface area contributed by atoms with Gasteiger partial charge in [0.1, 0.15) is 0 Å². The maximum Gasteiger partial charge on any atom is 0.373 e. The van der Waals surface area contributed by atoms with E-state index in [-0.39, 0.29) is 6.61 Å². The van der Waals surface area contributed by atoms with E-state index in [1.807, 2.05) is 6.07 Å². The minimum absolute atomic E-state index is 0.110. The first kappa shape index (κ1) is 8.74. The molecular formula is C9H9O3. The van der Waals surface area contributed by atoms with Crippen molar-refractivity contribution in [2.24, 2.45) is 0 Å². The molecule has 0 atom stereocenters. The Kier molecular flexibility index (Phi) is 3.29. The molecule has 0 amide bonds. The Hall–Kier alpha value is -1.35. The lowest BCUT2D eigenvalue weighted by molar-refractivity contribution is -0.232. The lowest BCUT2D eigenvalue weighted by atomic mass is 10.2. The summed E-state index contributed by atoms with van der Waals surface area (Å²) >= 11 is 0. The first-order valence-corrected chi connectivity index (χ1v) is 3.52. The molecule has 0 N–H and O–H groups in total. The molecule has 0 bridgehead atoms. The second-order valence-electron chi connectivity index (χ2n) is 2.06. The van der Waals surface area contributed by atoms with Gasteiger partial charge in [0.2, 0.25) is 0 Å². The van der Waals surface area contributed by atoms with Crippen molar-refractivity contribution >= 4 is 5.97 Å². The Morgan fingerprint density at radius 3 is 2.58 bits per heavy atom. The third kappa shape index (κ3) is 2.36. The predicted molar refractivity (Wildman–Crippen MR) is 43.2 cm³/mol. The zero-order valence-electron chi connectivity index (χ0n) is 6.53. The molecule has 0 fully saturated rings. The molecule has 1 aromatic carbocycles. The highest BCUT2D eigenvalue weighted by atomic mass is 17.2. The average Bonchev–Trinajstić information content (AvgIpc) is 2.15. The van der Waals surface area contributed by atoms with Gasteiger partial charge in [0.25, 0.3) is 0 Å².